The predicted octanol–water partition coefficient (Wildman–Crippen LogP) is 4.95. The van der Waals surface area contributed by atoms with E-state index in [1.807, 2.05) is 0 Å². The molecule has 2 rings (SSSR count). The summed E-state index contributed by atoms with van der Waals surface area (Å²) in [5.74, 6) is -14.5. The Balaban J connectivity index is 2.35. The van der Waals surface area contributed by atoms with Gasteiger partial charge in [0.05, 0.1) is 5.60 Å². The maximum atomic E-state index is 13.6. The van der Waals surface area contributed by atoms with Gasteiger partial charge in [0.25, 0.3) is 0 Å². The van der Waals surface area contributed by atoms with Crippen molar-refractivity contribution in [2.45, 2.75) is 61.4 Å². The maximum absolute atomic E-state index is 13.6. The minimum atomic E-state index is -7.23. The average molecular weight is 394 g/mol. The molecule has 2 aliphatic rings. The number of hydrogen-bond donors (Lipinski definition) is 1. The molecule has 142 valence electrons. The molecule has 24 heavy (non-hydrogen) atoms. The molecule has 0 spiro atoms. The molecule has 1 atom stereocenters. The van der Waals surface area contributed by atoms with Gasteiger partial charge >= 0.3 is 31.3 Å². The predicted molar refractivity (Wildman–Crippen MR) is 61.1 cm³/mol. The molecule has 3 nitrogen and oxygen atoms in total. The Morgan fingerprint density at radius 2 is 1.38 bits per heavy atom. The van der Waals surface area contributed by atoms with Crippen LogP contribution in [0.2, 0.25) is 0 Å². The topological polar surface area (TPSA) is 46.5 Å². The van der Waals surface area contributed by atoms with Gasteiger partial charge < -0.3 is 4.89 Å². The molecule has 0 aromatic heterocycles. The summed E-state index contributed by atoms with van der Waals surface area (Å²) in [4.78, 5) is 9.18. The SMILES string of the molecule is O=P(O)(OC12CCC(CC1)C2)C(F)(F)C(F)(F)C(F)(F)C(F)(F)F. The Bertz CT molecular complexity index is 551. The van der Waals surface area contributed by atoms with Gasteiger partial charge in [-0.25, -0.2) is 0 Å². The van der Waals surface area contributed by atoms with Crippen LogP contribution in [0.4, 0.5) is 39.5 Å². The number of rotatable bonds is 5. The van der Waals surface area contributed by atoms with E-state index in [0.717, 1.165) is 0 Å². The van der Waals surface area contributed by atoms with Gasteiger partial charge in [0.2, 0.25) is 0 Å². The summed E-state index contributed by atoms with van der Waals surface area (Å²) >= 11 is 0. The zero-order valence-corrected chi connectivity index (χ0v) is 12.6. The summed E-state index contributed by atoms with van der Waals surface area (Å²) in [6, 6.07) is 0. The van der Waals surface area contributed by atoms with E-state index < -0.39 is 36.9 Å². The molecule has 13 heteroatoms. The van der Waals surface area contributed by atoms with Gasteiger partial charge in [-0.1, -0.05) is 0 Å². The molecule has 1 unspecified atom stereocenters. The highest BCUT2D eigenvalue weighted by atomic mass is 31.2. The van der Waals surface area contributed by atoms with Gasteiger partial charge in [0.1, 0.15) is 0 Å². The van der Waals surface area contributed by atoms with Crippen LogP contribution < -0.4 is 0 Å². The Kier molecular flexibility index (Phi) is 4.35. The lowest BCUT2D eigenvalue weighted by Gasteiger charge is -2.37. The van der Waals surface area contributed by atoms with Crippen LogP contribution >= 0.6 is 7.60 Å². The van der Waals surface area contributed by atoms with Crippen LogP contribution in [0.15, 0.2) is 0 Å². The molecule has 1 N–H and O–H groups in total. The lowest BCUT2D eigenvalue weighted by atomic mass is 9.98. The second-order valence-electron chi connectivity index (χ2n) is 6.13. The summed E-state index contributed by atoms with van der Waals surface area (Å²) in [6.45, 7) is 0. The van der Waals surface area contributed by atoms with Crippen molar-refractivity contribution in [3.8, 4) is 0 Å². The Morgan fingerprint density at radius 3 is 1.71 bits per heavy atom. The summed E-state index contributed by atoms with van der Waals surface area (Å²) in [7, 11) is -6.85. The van der Waals surface area contributed by atoms with E-state index in [2.05, 4.69) is 4.52 Å². The number of fused-ring (bicyclic) bond motifs is 2. The van der Waals surface area contributed by atoms with Crippen molar-refractivity contribution >= 4 is 7.60 Å². The smallest absolute Gasteiger partial charge is 0.320 e. The average Bonchev–Trinajstić information content (AvgIpc) is 2.95. The van der Waals surface area contributed by atoms with Crippen LogP contribution in [0.25, 0.3) is 0 Å². The minimum Gasteiger partial charge on any atom is -0.320 e. The molecule has 0 aromatic carbocycles. The normalized spacial score (nSPS) is 31.3. The van der Waals surface area contributed by atoms with E-state index in [4.69, 9.17) is 0 Å². The standard InChI is InChI=1S/C11H12F9O3P/c12-8(13,10(16,17)18)9(14,15)11(19,20)24(21,22)23-7-3-1-6(5-7)2-4-7/h6H,1-5H2,(H,21,22). The first kappa shape index (κ1) is 19.8. The second kappa shape index (κ2) is 5.26. The molecule has 2 saturated carbocycles. The summed E-state index contributed by atoms with van der Waals surface area (Å²) in [5.41, 5.74) is -8.31. The van der Waals surface area contributed by atoms with E-state index in [1.165, 1.54) is 0 Å². The van der Waals surface area contributed by atoms with Crippen LogP contribution in [-0.2, 0) is 9.09 Å². The number of halogens is 9. The number of alkyl halides is 9. The summed E-state index contributed by atoms with van der Waals surface area (Å²) in [5, 5.41) is 0. The molecule has 2 aliphatic carbocycles. The lowest BCUT2D eigenvalue weighted by Crippen LogP contribution is -2.61. The van der Waals surface area contributed by atoms with E-state index in [-0.39, 0.29) is 25.2 Å². The molecule has 0 aromatic rings. The van der Waals surface area contributed by atoms with E-state index >= 15 is 0 Å². The van der Waals surface area contributed by atoms with Gasteiger partial charge in [-0.2, -0.15) is 39.5 Å². The van der Waals surface area contributed by atoms with Gasteiger partial charge in [-0.3, -0.25) is 9.09 Å². The monoisotopic (exact) mass is 394 g/mol. The third-order valence-corrected chi connectivity index (χ3v) is 6.10. The highest BCUT2D eigenvalue weighted by Gasteiger charge is 2.86. The minimum absolute atomic E-state index is 0.0190. The third kappa shape index (κ3) is 2.65. The van der Waals surface area contributed by atoms with Crippen LogP contribution in [-0.4, -0.2) is 34.2 Å². The van der Waals surface area contributed by atoms with E-state index in [9.17, 15) is 49.0 Å². The van der Waals surface area contributed by atoms with Crippen molar-refractivity contribution in [1.29, 1.82) is 0 Å². The fraction of sp³-hybridized carbons (Fsp3) is 1.00. The molecule has 2 bridgehead atoms. The lowest BCUT2D eigenvalue weighted by molar-refractivity contribution is -0.384. The molecule has 0 aliphatic heterocycles. The number of hydrogen-bond acceptors (Lipinski definition) is 2. The largest absolute Gasteiger partial charge is 0.460 e. The second-order valence-corrected chi connectivity index (χ2v) is 7.92. The van der Waals surface area contributed by atoms with Crippen molar-refractivity contribution < 1.29 is 53.5 Å². The van der Waals surface area contributed by atoms with Crippen molar-refractivity contribution in [3.63, 3.8) is 0 Å². The first-order valence-corrected chi connectivity index (χ1v) is 8.31. The quantitative estimate of drug-likeness (QED) is 0.531. The molecule has 2 fully saturated rings. The summed E-state index contributed by atoms with van der Waals surface area (Å²) < 4.78 is 131. The zero-order chi connectivity index (χ0) is 18.8. The van der Waals surface area contributed by atoms with Gasteiger partial charge in [0, 0.05) is 0 Å². The molecular formula is C11H12F9O3P. The van der Waals surface area contributed by atoms with Gasteiger partial charge in [0.15, 0.2) is 0 Å². The van der Waals surface area contributed by atoms with Crippen molar-refractivity contribution in [2.75, 3.05) is 0 Å². The van der Waals surface area contributed by atoms with Crippen LogP contribution in [0, 0.1) is 5.92 Å². The molecule has 0 saturated heterocycles. The van der Waals surface area contributed by atoms with Crippen molar-refractivity contribution in [1.82, 2.24) is 0 Å². The first-order valence-electron chi connectivity index (χ1n) is 6.73. The first-order chi connectivity index (χ1) is 10.5. The molecular weight excluding hydrogens is 382 g/mol. The van der Waals surface area contributed by atoms with Crippen LogP contribution in [0.5, 0.6) is 0 Å². The van der Waals surface area contributed by atoms with E-state index in [1.54, 1.807) is 0 Å². The molecule has 0 radical (unpaired) electrons. The fourth-order valence-electron chi connectivity index (χ4n) is 3.13. The highest BCUT2D eigenvalue weighted by Crippen LogP contribution is 2.71. The maximum Gasteiger partial charge on any atom is 0.460 e. The molecule has 0 amide bonds. The Morgan fingerprint density at radius 1 is 0.917 bits per heavy atom. The van der Waals surface area contributed by atoms with E-state index in [0.29, 0.717) is 12.8 Å². The van der Waals surface area contributed by atoms with Gasteiger partial charge in [-0.15, -0.1) is 0 Å². The van der Waals surface area contributed by atoms with Crippen molar-refractivity contribution in [2.24, 2.45) is 5.92 Å². The fourth-order valence-corrected chi connectivity index (χ4v) is 4.52. The zero-order valence-electron chi connectivity index (χ0n) is 11.7. The molecule has 0 heterocycles. The third-order valence-electron chi connectivity index (χ3n) is 4.48. The van der Waals surface area contributed by atoms with Crippen LogP contribution in [0.3, 0.4) is 0 Å². The van der Waals surface area contributed by atoms with Crippen LogP contribution in [0.1, 0.15) is 32.1 Å². The Hall–Kier alpha value is -0.480. The Labute approximate surface area is 129 Å². The van der Waals surface area contributed by atoms with Crippen molar-refractivity contribution in [3.05, 3.63) is 0 Å². The summed E-state index contributed by atoms with van der Waals surface area (Å²) in [6.07, 6.45) is -6.38. The highest BCUT2D eigenvalue weighted by molar-refractivity contribution is 7.54. The van der Waals surface area contributed by atoms with Gasteiger partial charge in [-0.05, 0) is 38.0 Å².